The van der Waals surface area contributed by atoms with Crippen LogP contribution in [0, 0.1) is 0 Å². The quantitative estimate of drug-likeness (QED) is 0.597. The molecule has 7 heteroatoms. The lowest BCUT2D eigenvalue weighted by Gasteiger charge is -2.09. The molecule has 1 N–H and O–H groups in total. The van der Waals surface area contributed by atoms with Crippen molar-refractivity contribution in [3.8, 4) is 5.75 Å². The highest BCUT2D eigenvalue weighted by atomic mass is 16.5. The number of ether oxygens (including phenoxy) is 1. The Morgan fingerprint density at radius 2 is 1.79 bits per heavy atom. The molecule has 7 nitrogen and oxygen atoms in total. The van der Waals surface area contributed by atoms with Crippen LogP contribution in [0.3, 0.4) is 0 Å². The van der Waals surface area contributed by atoms with Gasteiger partial charge in [-0.25, -0.2) is 5.43 Å². The number of carbonyl (C=O) groups excluding carboxylic acids is 2. The summed E-state index contributed by atoms with van der Waals surface area (Å²) in [6.45, 7) is 1.41. The molecule has 1 aromatic carbocycles. The third-order valence-corrected chi connectivity index (χ3v) is 3.11. The molecule has 2 aromatic rings. The van der Waals surface area contributed by atoms with E-state index >= 15 is 0 Å². The number of carbonyl (C=O) groups is 2. The summed E-state index contributed by atoms with van der Waals surface area (Å²) in [5.41, 5.74) is 4.46. The first-order chi connectivity index (χ1) is 11.6. The van der Waals surface area contributed by atoms with Gasteiger partial charge >= 0.3 is 0 Å². The Bertz CT molecular complexity index is 727. The van der Waals surface area contributed by atoms with Crippen LogP contribution in [-0.2, 0) is 4.79 Å². The van der Waals surface area contributed by atoms with Crippen LogP contribution in [0.15, 0.2) is 53.9 Å². The molecular formula is C17H16N3O4-. The van der Waals surface area contributed by atoms with E-state index in [1.807, 2.05) is 6.92 Å². The van der Waals surface area contributed by atoms with Crippen molar-refractivity contribution in [2.75, 3.05) is 6.61 Å². The van der Waals surface area contributed by atoms with Crippen LogP contribution in [0.2, 0.25) is 0 Å². The minimum atomic E-state index is -1.28. The number of hydrazone groups is 1. The van der Waals surface area contributed by atoms with Crippen LogP contribution in [0.4, 0.5) is 0 Å². The molecule has 0 atom stereocenters. The molecule has 1 amide bonds. The molecule has 0 bridgehead atoms. The van der Waals surface area contributed by atoms with Gasteiger partial charge in [0.25, 0.3) is 5.91 Å². The Labute approximate surface area is 139 Å². The molecule has 1 aromatic heterocycles. The van der Waals surface area contributed by atoms with Crippen LogP contribution in [0.1, 0.15) is 29.3 Å². The Kier molecular flexibility index (Phi) is 6.01. The summed E-state index contributed by atoms with van der Waals surface area (Å²) in [4.78, 5) is 26.2. The number of aromatic nitrogens is 1. The average Bonchev–Trinajstić information content (AvgIpc) is 2.62. The van der Waals surface area contributed by atoms with Crippen molar-refractivity contribution < 1.29 is 19.4 Å². The highest BCUT2D eigenvalue weighted by Gasteiger charge is 2.06. The molecule has 0 unspecified atom stereocenters. The number of amides is 1. The Hall–Kier alpha value is -3.22. The van der Waals surface area contributed by atoms with Gasteiger partial charge in [0.15, 0.2) is 0 Å². The summed E-state index contributed by atoms with van der Waals surface area (Å²) in [7, 11) is 0. The zero-order chi connectivity index (χ0) is 17.4. The number of rotatable bonds is 7. The summed E-state index contributed by atoms with van der Waals surface area (Å²) in [5, 5.41) is 14.5. The highest BCUT2D eigenvalue weighted by Crippen LogP contribution is 2.13. The number of pyridine rings is 1. The average molecular weight is 326 g/mol. The molecular weight excluding hydrogens is 310 g/mol. The third-order valence-electron chi connectivity index (χ3n) is 3.11. The fourth-order valence-electron chi connectivity index (χ4n) is 1.92. The van der Waals surface area contributed by atoms with Gasteiger partial charge in [-0.3, -0.25) is 9.78 Å². The summed E-state index contributed by atoms with van der Waals surface area (Å²) >= 11 is 0. The normalized spacial score (nSPS) is 11.0. The van der Waals surface area contributed by atoms with Crippen molar-refractivity contribution in [1.29, 1.82) is 0 Å². The van der Waals surface area contributed by atoms with E-state index in [0.717, 1.165) is 5.56 Å². The molecule has 0 saturated heterocycles. The minimum Gasteiger partial charge on any atom is -0.546 e. The zero-order valence-electron chi connectivity index (χ0n) is 13.1. The minimum absolute atomic E-state index is 0.322. The van der Waals surface area contributed by atoms with Crippen LogP contribution < -0.4 is 15.3 Å². The van der Waals surface area contributed by atoms with Crippen molar-refractivity contribution in [1.82, 2.24) is 10.4 Å². The standard InChI is InChI=1S/C17H17N3O4/c1-2-15(19-20-17(23)13-7-9-18-10-8-13)12-3-5-14(6-4-12)24-11-16(21)22/h3-10H,2,11H2,1H3,(H,20,23)(H,21,22)/p-1/b19-15-. The second-order valence-electron chi connectivity index (χ2n) is 4.77. The summed E-state index contributed by atoms with van der Waals surface area (Å²) < 4.78 is 5.01. The van der Waals surface area contributed by atoms with Gasteiger partial charge in [0.2, 0.25) is 0 Å². The fraction of sp³-hybridized carbons (Fsp3) is 0.176. The first kappa shape index (κ1) is 17.1. The lowest BCUT2D eigenvalue weighted by molar-refractivity contribution is -0.307. The van der Waals surface area contributed by atoms with Crippen molar-refractivity contribution in [3.63, 3.8) is 0 Å². The van der Waals surface area contributed by atoms with Gasteiger partial charge in [0, 0.05) is 18.0 Å². The van der Waals surface area contributed by atoms with Crippen molar-refractivity contribution >= 4 is 17.6 Å². The molecule has 0 radical (unpaired) electrons. The molecule has 124 valence electrons. The number of aliphatic carboxylic acids is 1. The molecule has 0 aliphatic heterocycles. The van der Waals surface area contributed by atoms with Gasteiger partial charge in [0.1, 0.15) is 12.4 Å². The van der Waals surface area contributed by atoms with Gasteiger partial charge in [-0.15, -0.1) is 0 Å². The van der Waals surface area contributed by atoms with Crippen LogP contribution in [0.5, 0.6) is 5.75 Å². The molecule has 1 heterocycles. The van der Waals surface area contributed by atoms with E-state index in [-0.39, 0.29) is 5.91 Å². The molecule has 24 heavy (non-hydrogen) atoms. The molecule has 0 aliphatic rings. The predicted molar refractivity (Wildman–Crippen MR) is 85.5 cm³/mol. The van der Waals surface area contributed by atoms with E-state index in [1.165, 1.54) is 12.4 Å². The zero-order valence-corrected chi connectivity index (χ0v) is 13.1. The number of carboxylic acid groups (broad SMARTS) is 1. The highest BCUT2D eigenvalue weighted by molar-refractivity contribution is 6.02. The van der Waals surface area contributed by atoms with E-state index in [9.17, 15) is 14.7 Å². The monoisotopic (exact) mass is 326 g/mol. The van der Waals surface area contributed by atoms with Crippen molar-refractivity contribution in [2.24, 2.45) is 5.10 Å². The Balaban J connectivity index is 2.04. The number of benzene rings is 1. The second kappa shape index (κ2) is 8.42. The third kappa shape index (κ3) is 4.91. The van der Waals surface area contributed by atoms with Crippen LogP contribution in [0.25, 0.3) is 0 Å². The van der Waals surface area contributed by atoms with Gasteiger partial charge in [-0.1, -0.05) is 6.92 Å². The fourth-order valence-corrected chi connectivity index (χ4v) is 1.92. The van der Waals surface area contributed by atoms with E-state index in [2.05, 4.69) is 15.5 Å². The van der Waals surface area contributed by atoms with Crippen LogP contribution >= 0.6 is 0 Å². The smallest absolute Gasteiger partial charge is 0.271 e. The molecule has 0 fully saturated rings. The van der Waals surface area contributed by atoms with E-state index in [1.54, 1.807) is 36.4 Å². The first-order valence-electron chi connectivity index (χ1n) is 7.30. The number of nitrogens with one attached hydrogen (secondary N) is 1. The second-order valence-corrected chi connectivity index (χ2v) is 4.77. The van der Waals surface area contributed by atoms with Gasteiger partial charge in [0.05, 0.1) is 11.7 Å². The van der Waals surface area contributed by atoms with Gasteiger partial charge < -0.3 is 14.6 Å². The van der Waals surface area contributed by atoms with Gasteiger partial charge in [-0.05, 0) is 48.4 Å². The van der Waals surface area contributed by atoms with Crippen molar-refractivity contribution in [2.45, 2.75) is 13.3 Å². The van der Waals surface area contributed by atoms with Gasteiger partial charge in [-0.2, -0.15) is 5.10 Å². The number of carboxylic acids is 1. The maximum absolute atomic E-state index is 12.0. The largest absolute Gasteiger partial charge is 0.546 e. The lowest BCUT2D eigenvalue weighted by Crippen LogP contribution is -2.28. The van der Waals surface area contributed by atoms with Crippen molar-refractivity contribution in [3.05, 3.63) is 59.9 Å². The molecule has 0 spiro atoms. The molecule has 0 saturated carbocycles. The number of hydrogen-bond donors (Lipinski definition) is 1. The van der Waals surface area contributed by atoms with E-state index in [0.29, 0.717) is 23.4 Å². The Morgan fingerprint density at radius 3 is 2.38 bits per heavy atom. The number of hydrogen-bond acceptors (Lipinski definition) is 6. The summed E-state index contributed by atoms with van der Waals surface area (Å²) in [6, 6.07) is 9.94. The van der Waals surface area contributed by atoms with E-state index < -0.39 is 12.6 Å². The summed E-state index contributed by atoms with van der Waals surface area (Å²) in [5.74, 6) is -1.19. The maximum atomic E-state index is 12.0. The predicted octanol–water partition coefficient (Wildman–Crippen LogP) is 0.754. The molecule has 2 rings (SSSR count). The lowest BCUT2D eigenvalue weighted by atomic mass is 10.1. The SMILES string of the molecule is CC/C(=N/NC(=O)c1ccncc1)c1ccc(OCC(=O)[O-])cc1. The van der Waals surface area contributed by atoms with Crippen LogP contribution in [-0.4, -0.2) is 29.2 Å². The maximum Gasteiger partial charge on any atom is 0.271 e. The number of nitrogens with zero attached hydrogens (tertiary/aromatic N) is 2. The topological polar surface area (TPSA) is 104 Å². The molecule has 0 aliphatic carbocycles. The van der Waals surface area contributed by atoms with E-state index in [4.69, 9.17) is 4.74 Å². The Morgan fingerprint density at radius 1 is 1.12 bits per heavy atom. The first-order valence-corrected chi connectivity index (χ1v) is 7.30. The summed E-state index contributed by atoms with van der Waals surface area (Å²) in [6.07, 6.45) is 3.67.